The van der Waals surface area contributed by atoms with Crippen molar-refractivity contribution in [1.29, 1.82) is 0 Å². The maximum absolute atomic E-state index is 12.2. The van der Waals surface area contributed by atoms with E-state index in [1.807, 2.05) is 74.4 Å². The monoisotopic (exact) mass is 382 g/mol. The van der Waals surface area contributed by atoms with Gasteiger partial charge in [0.25, 0.3) is 0 Å². The number of hydrogen-bond acceptors (Lipinski definition) is 6. The molecule has 2 aromatic carbocycles. The number of amides is 1. The second-order valence-electron chi connectivity index (χ2n) is 6.34. The van der Waals surface area contributed by atoms with Gasteiger partial charge in [0.2, 0.25) is 11.1 Å². The van der Waals surface area contributed by atoms with Gasteiger partial charge in [0.05, 0.1) is 11.4 Å². The Bertz CT molecular complexity index is 889. The Hall–Kier alpha value is -2.87. The van der Waals surface area contributed by atoms with Gasteiger partial charge in [-0.15, -0.1) is 5.10 Å². The maximum atomic E-state index is 12.2. The van der Waals surface area contributed by atoms with Crippen molar-refractivity contribution in [2.75, 3.05) is 24.7 Å². The first-order valence-electron chi connectivity index (χ1n) is 8.54. The van der Waals surface area contributed by atoms with Crippen LogP contribution in [-0.2, 0) is 11.3 Å². The first-order chi connectivity index (χ1) is 13.0. The number of anilines is 1. The third-order valence-corrected chi connectivity index (χ3v) is 4.91. The molecule has 0 aliphatic rings. The Morgan fingerprint density at radius 1 is 1.11 bits per heavy atom. The minimum Gasteiger partial charge on any atom is -0.378 e. The molecule has 1 N–H and O–H groups in total. The first-order valence-corrected chi connectivity index (χ1v) is 9.52. The number of rotatable bonds is 7. The normalized spacial score (nSPS) is 10.6. The van der Waals surface area contributed by atoms with Crippen molar-refractivity contribution in [3.05, 3.63) is 59.7 Å². The quantitative estimate of drug-likeness (QED) is 0.633. The zero-order chi connectivity index (χ0) is 19.2. The molecule has 0 aliphatic carbocycles. The van der Waals surface area contributed by atoms with E-state index < -0.39 is 0 Å². The van der Waals surface area contributed by atoms with Crippen LogP contribution in [0.3, 0.4) is 0 Å². The second kappa shape index (κ2) is 8.68. The molecule has 0 saturated heterocycles. The van der Waals surface area contributed by atoms with E-state index in [2.05, 4.69) is 20.8 Å². The van der Waals surface area contributed by atoms with Gasteiger partial charge in [-0.25, -0.2) is 0 Å². The number of carbonyl (C=O) groups is 1. The lowest BCUT2D eigenvalue weighted by molar-refractivity contribution is -0.118. The lowest BCUT2D eigenvalue weighted by Crippen LogP contribution is -2.24. The van der Waals surface area contributed by atoms with Gasteiger partial charge in [0.15, 0.2) is 0 Å². The number of nitrogens with zero attached hydrogens (tertiary/aromatic N) is 5. The van der Waals surface area contributed by atoms with Gasteiger partial charge in [-0.05, 0) is 47.2 Å². The van der Waals surface area contributed by atoms with Gasteiger partial charge in [-0.3, -0.25) is 4.79 Å². The van der Waals surface area contributed by atoms with Gasteiger partial charge in [-0.2, -0.15) is 4.68 Å². The summed E-state index contributed by atoms with van der Waals surface area (Å²) in [6.07, 6.45) is 0. The molecule has 7 nitrogen and oxygen atoms in total. The molecule has 1 aromatic heterocycles. The number of carbonyl (C=O) groups excluding carboxylic acids is 1. The zero-order valence-corrected chi connectivity index (χ0v) is 16.4. The molecule has 0 saturated carbocycles. The number of nitrogens with one attached hydrogen (secondary N) is 1. The van der Waals surface area contributed by atoms with E-state index in [1.54, 1.807) is 4.68 Å². The molecule has 0 radical (unpaired) electrons. The lowest BCUT2D eigenvalue weighted by Gasteiger charge is -2.12. The van der Waals surface area contributed by atoms with Crippen molar-refractivity contribution in [1.82, 2.24) is 25.5 Å². The molecule has 1 heterocycles. The van der Waals surface area contributed by atoms with Crippen LogP contribution in [0, 0.1) is 6.92 Å². The van der Waals surface area contributed by atoms with E-state index in [9.17, 15) is 4.79 Å². The van der Waals surface area contributed by atoms with E-state index in [0.29, 0.717) is 11.7 Å². The fraction of sp³-hybridized carbons (Fsp3) is 0.263. The highest BCUT2D eigenvalue weighted by Crippen LogP contribution is 2.18. The van der Waals surface area contributed by atoms with Crippen molar-refractivity contribution in [3.63, 3.8) is 0 Å². The number of aromatic nitrogens is 4. The van der Waals surface area contributed by atoms with Crippen molar-refractivity contribution >= 4 is 23.4 Å². The van der Waals surface area contributed by atoms with Crippen LogP contribution in [0.4, 0.5) is 5.69 Å². The fourth-order valence-corrected chi connectivity index (χ4v) is 3.13. The molecule has 0 spiro atoms. The molecule has 0 atom stereocenters. The summed E-state index contributed by atoms with van der Waals surface area (Å²) in [5, 5.41) is 15.3. The molecule has 0 aliphatic heterocycles. The Labute approximate surface area is 162 Å². The van der Waals surface area contributed by atoms with Crippen molar-refractivity contribution in [2.45, 2.75) is 18.6 Å². The van der Waals surface area contributed by atoms with E-state index in [1.165, 1.54) is 17.3 Å². The summed E-state index contributed by atoms with van der Waals surface area (Å²) in [6, 6.07) is 16.0. The number of aryl methyl sites for hydroxylation is 1. The van der Waals surface area contributed by atoms with Crippen molar-refractivity contribution in [2.24, 2.45) is 0 Å². The van der Waals surface area contributed by atoms with Crippen LogP contribution in [-0.4, -0.2) is 46.0 Å². The van der Waals surface area contributed by atoms with E-state index >= 15 is 0 Å². The minimum absolute atomic E-state index is 0.0601. The van der Waals surface area contributed by atoms with Crippen LogP contribution in [0.5, 0.6) is 0 Å². The highest BCUT2D eigenvalue weighted by molar-refractivity contribution is 7.99. The predicted molar refractivity (Wildman–Crippen MR) is 107 cm³/mol. The first kappa shape index (κ1) is 18.9. The predicted octanol–water partition coefficient (Wildman–Crippen LogP) is 2.45. The van der Waals surface area contributed by atoms with Crippen LogP contribution in [0.25, 0.3) is 5.69 Å². The molecule has 0 bridgehead atoms. The molecule has 1 amide bonds. The summed E-state index contributed by atoms with van der Waals surface area (Å²) in [7, 11) is 4.00. The summed E-state index contributed by atoms with van der Waals surface area (Å²) in [5.74, 6) is 0.192. The van der Waals surface area contributed by atoms with Gasteiger partial charge < -0.3 is 10.2 Å². The van der Waals surface area contributed by atoms with Gasteiger partial charge in [0, 0.05) is 26.3 Å². The second-order valence-corrected chi connectivity index (χ2v) is 7.28. The van der Waals surface area contributed by atoms with Gasteiger partial charge in [-0.1, -0.05) is 41.6 Å². The number of benzene rings is 2. The van der Waals surface area contributed by atoms with E-state index in [0.717, 1.165) is 16.9 Å². The molecule has 3 aromatic rings. The third-order valence-electron chi connectivity index (χ3n) is 3.99. The Balaban J connectivity index is 1.52. The van der Waals surface area contributed by atoms with Crippen LogP contribution < -0.4 is 10.2 Å². The van der Waals surface area contributed by atoms with Crippen LogP contribution in [0.2, 0.25) is 0 Å². The summed E-state index contributed by atoms with van der Waals surface area (Å²) in [5.41, 5.74) is 4.22. The highest BCUT2D eigenvalue weighted by Gasteiger charge is 2.11. The molecule has 27 heavy (non-hydrogen) atoms. The number of thioether (sulfide) groups is 1. The van der Waals surface area contributed by atoms with Crippen LogP contribution in [0.15, 0.2) is 53.7 Å². The van der Waals surface area contributed by atoms with Gasteiger partial charge in [0.1, 0.15) is 0 Å². The smallest absolute Gasteiger partial charge is 0.230 e. The standard InChI is InChI=1S/C19H22N6OS/c1-14-4-8-17(9-5-14)25-19(21-22-23-25)27-13-18(26)20-12-15-6-10-16(11-7-15)24(2)3/h4-11H,12-13H2,1-3H3,(H,20,26). The minimum atomic E-state index is -0.0601. The maximum Gasteiger partial charge on any atom is 0.230 e. The molecular formula is C19H22N6OS. The summed E-state index contributed by atoms with van der Waals surface area (Å²) in [4.78, 5) is 14.2. The summed E-state index contributed by atoms with van der Waals surface area (Å²) < 4.78 is 1.64. The SMILES string of the molecule is Cc1ccc(-n2nnnc2SCC(=O)NCc2ccc(N(C)C)cc2)cc1. The number of tetrazole rings is 1. The average molecular weight is 382 g/mol. The molecular weight excluding hydrogens is 360 g/mol. The Morgan fingerprint density at radius 3 is 2.48 bits per heavy atom. The largest absolute Gasteiger partial charge is 0.378 e. The molecule has 0 unspecified atom stereocenters. The third kappa shape index (κ3) is 5.07. The van der Waals surface area contributed by atoms with Gasteiger partial charge >= 0.3 is 0 Å². The average Bonchev–Trinajstić information content (AvgIpc) is 3.14. The van der Waals surface area contributed by atoms with Crippen LogP contribution >= 0.6 is 11.8 Å². The number of hydrogen-bond donors (Lipinski definition) is 1. The summed E-state index contributed by atoms with van der Waals surface area (Å²) in [6.45, 7) is 2.52. The Morgan fingerprint density at radius 2 is 1.81 bits per heavy atom. The van der Waals surface area contributed by atoms with Crippen molar-refractivity contribution in [3.8, 4) is 5.69 Å². The van der Waals surface area contributed by atoms with Crippen molar-refractivity contribution < 1.29 is 4.79 Å². The van der Waals surface area contributed by atoms with Crippen LogP contribution in [0.1, 0.15) is 11.1 Å². The lowest BCUT2D eigenvalue weighted by atomic mass is 10.2. The summed E-state index contributed by atoms with van der Waals surface area (Å²) >= 11 is 1.31. The van der Waals surface area contributed by atoms with E-state index in [-0.39, 0.29) is 11.7 Å². The molecule has 8 heteroatoms. The Kier molecular flexibility index (Phi) is 6.08. The highest BCUT2D eigenvalue weighted by atomic mass is 32.2. The molecule has 3 rings (SSSR count). The molecule has 140 valence electrons. The van der Waals surface area contributed by atoms with E-state index in [4.69, 9.17) is 0 Å². The fourth-order valence-electron chi connectivity index (χ4n) is 2.41. The molecule has 0 fully saturated rings. The zero-order valence-electron chi connectivity index (χ0n) is 15.6. The topological polar surface area (TPSA) is 75.9 Å².